The Labute approximate surface area is 121 Å². The molecule has 0 spiro atoms. The lowest BCUT2D eigenvalue weighted by atomic mass is 10.3. The molecule has 0 unspecified atom stereocenters. The summed E-state index contributed by atoms with van der Waals surface area (Å²) in [5.74, 6) is 0.775. The molecule has 0 saturated carbocycles. The first-order valence-corrected chi connectivity index (χ1v) is 8.28. The molecular weight excluding hydrogens is 278 g/mol. The highest BCUT2D eigenvalue weighted by atomic mass is 32.2. The second kappa shape index (κ2) is 8.35. The highest BCUT2D eigenvalue weighted by Crippen LogP contribution is 1.97. The van der Waals surface area contributed by atoms with Crippen molar-refractivity contribution in [3.8, 4) is 0 Å². The van der Waals surface area contributed by atoms with Crippen LogP contribution in [0, 0.1) is 0 Å². The van der Waals surface area contributed by atoms with Crippen LogP contribution in [0.15, 0.2) is 12.4 Å². The highest BCUT2D eigenvalue weighted by Gasteiger charge is 2.16. The number of rotatable bonds is 10. The van der Waals surface area contributed by atoms with E-state index in [0.29, 0.717) is 25.6 Å². The van der Waals surface area contributed by atoms with E-state index in [0.717, 1.165) is 18.8 Å². The Bertz CT molecular complexity index is 458. The van der Waals surface area contributed by atoms with Crippen LogP contribution in [0.3, 0.4) is 0 Å². The number of aromatic amines is 1. The molecule has 0 aliphatic rings. The molecule has 116 valence electrons. The summed E-state index contributed by atoms with van der Waals surface area (Å²) < 4.78 is 27.8. The van der Waals surface area contributed by atoms with Gasteiger partial charge in [0.05, 0.1) is 0 Å². The molecule has 0 aliphatic carbocycles. The number of H-pyrrole nitrogens is 1. The second-order valence-electron chi connectivity index (χ2n) is 4.97. The van der Waals surface area contributed by atoms with Crippen molar-refractivity contribution in [2.24, 2.45) is 0 Å². The molecule has 1 heterocycles. The van der Waals surface area contributed by atoms with Gasteiger partial charge >= 0.3 is 0 Å². The Balaban J connectivity index is 2.24. The van der Waals surface area contributed by atoms with Crippen LogP contribution in [0.2, 0.25) is 0 Å². The van der Waals surface area contributed by atoms with Crippen LogP contribution < -0.4 is 10.0 Å². The molecule has 1 aromatic heterocycles. The fourth-order valence-electron chi connectivity index (χ4n) is 1.66. The molecule has 7 nitrogen and oxygen atoms in total. The van der Waals surface area contributed by atoms with Gasteiger partial charge in [0, 0.05) is 45.0 Å². The molecule has 20 heavy (non-hydrogen) atoms. The minimum atomic E-state index is -3.40. The van der Waals surface area contributed by atoms with Gasteiger partial charge in [-0.15, -0.1) is 0 Å². The van der Waals surface area contributed by atoms with Gasteiger partial charge in [-0.1, -0.05) is 13.8 Å². The molecule has 0 aromatic carbocycles. The smallest absolute Gasteiger partial charge is 0.279 e. The minimum absolute atomic E-state index is 0.338. The zero-order valence-corrected chi connectivity index (χ0v) is 13.2. The first-order chi connectivity index (χ1) is 9.42. The summed E-state index contributed by atoms with van der Waals surface area (Å²) in [6.45, 7) is 5.78. The summed E-state index contributed by atoms with van der Waals surface area (Å²) >= 11 is 0. The summed E-state index contributed by atoms with van der Waals surface area (Å²) in [5, 5.41) is 3.26. The first kappa shape index (κ1) is 17.1. The van der Waals surface area contributed by atoms with Gasteiger partial charge in [-0.3, -0.25) is 0 Å². The fraction of sp³-hybridized carbons (Fsp3) is 0.750. The van der Waals surface area contributed by atoms with Crippen molar-refractivity contribution in [3.63, 3.8) is 0 Å². The van der Waals surface area contributed by atoms with Crippen molar-refractivity contribution < 1.29 is 8.42 Å². The fourth-order valence-corrected chi connectivity index (χ4v) is 2.61. The van der Waals surface area contributed by atoms with Crippen molar-refractivity contribution in [2.45, 2.75) is 32.7 Å². The van der Waals surface area contributed by atoms with Crippen LogP contribution in [-0.2, 0) is 16.6 Å². The van der Waals surface area contributed by atoms with Gasteiger partial charge in [-0.2, -0.15) is 12.7 Å². The van der Waals surface area contributed by atoms with Gasteiger partial charge < -0.3 is 10.3 Å². The van der Waals surface area contributed by atoms with Crippen LogP contribution in [0.5, 0.6) is 0 Å². The molecule has 1 aromatic rings. The Morgan fingerprint density at radius 3 is 2.75 bits per heavy atom. The maximum Gasteiger partial charge on any atom is 0.279 e. The molecule has 0 saturated heterocycles. The summed E-state index contributed by atoms with van der Waals surface area (Å²) in [6.07, 6.45) is 4.71. The van der Waals surface area contributed by atoms with Crippen LogP contribution in [-0.4, -0.2) is 55.4 Å². The maximum absolute atomic E-state index is 12.0. The van der Waals surface area contributed by atoms with E-state index >= 15 is 0 Å². The number of aromatic nitrogens is 2. The number of nitrogens with one attached hydrogen (secondary N) is 3. The van der Waals surface area contributed by atoms with Crippen molar-refractivity contribution in [1.29, 1.82) is 0 Å². The normalized spacial score (nSPS) is 12.4. The largest absolute Gasteiger partial charge is 0.349 e. The molecule has 3 N–H and O–H groups in total. The van der Waals surface area contributed by atoms with Gasteiger partial charge in [-0.25, -0.2) is 9.71 Å². The topological polar surface area (TPSA) is 90.1 Å². The monoisotopic (exact) mass is 303 g/mol. The van der Waals surface area contributed by atoms with Crippen LogP contribution in [0.1, 0.15) is 26.1 Å². The van der Waals surface area contributed by atoms with Crippen molar-refractivity contribution in [3.05, 3.63) is 18.2 Å². The van der Waals surface area contributed by atoms with E-state index in [1.54, 1.807) is 19.4 Å². The molecule has 0 fully saturated rings. The predicted molar refractivity (Wildman–Crippen MR) is 79.6 cm³/mol. The molecule has 1 rings (SSSR count). The quantitative estimate of drug-likeness (QED) is 0.535. The third-order valence-electron chi connectivity index (χ3n) is 2.81. The van der Waals surface area contributed by atoms with E-state index in [9.17, 15) is 8.42 Å². The SMILES string of the molecule is CC(C)NCCCN(C)S(=O)(=O)NCCc1ncc[nH]1. The third-order valence-corrected chi connectivity index (χ3v) is 4.39. The highest BCUT2D eigenvalue weighted by molar-refractivity contribution is 7.87. The summed E-state index contributed by atoms with van der Waals surface area (Å²) in [7, 11) is -1.81. The van der Waals surface area contributed by atoms with E-state index in [1.807, 2.05) is 0 Å². The molecule has 0 atom stereocenters. The maximum atomic E-state index is 12.0. The molecule has 0 bridgehead atoms. The molecule has 0 aliphatic heterocycles. The average molecular weight is 303 g/mol. The summed E-state index contributed by atoms with van der Waals surface area (Å²) in [4.78, 5) is 6.98. The summed E-state index contributed by atoms with van der Waals surface area (Å²) in [5.41, 5.74) is 0. The van der Waals surface area contributed by atoms with Crippen LogP contribution in [0.25, 0.3) is 0 Å². The van der Waals surface area contributed by atoms with Crippen LogP contribution >= 0.6 is 0 Å². The van der Waals surface area contributed by atoms with E-state index in [4.69, 9.17) is 0 Å². The van der Waals surface area contributed by atoms with E-state index in [2.05, 4.69) is 33.9 Å². The van der Waals surface area contributed by atoms with Crippen LogP contribution in [0.4, 0.5) is 0 Å². The van der Waals surface area contributed by atoms with E-state index in [1.165, 1.54) is 4.31 Å². The minimum Gasteiger partial charge on any atom is -0.349 e. The Morgan fingerprint density at radius 2 is 2.15 bits per heavy atom. The standard InChI is InChI=1S/C12H25N5O2S/c1-11(2)13-6-4-10-17(3)20(18,19)16-7-5-12-14-8-9-15-12/h8-9,11,13,16H,4-7,10H2,1-3H3,(H,14,15). The third kappa shape index (κ3) is 6.47. The number of imidazole rings is 1. The van der Waals surface area contributed by atoms with Gasteiger partial charge in [0.25, 0.3) is 10.2 Å². The lowest BCUT2D eigenvalue weighted by Crippen LogP contribution is -2.40. The first-order valence-electron chi connectivity index (χ1n) is 6.84. The molecular formula is C12H25N5O2S. The van der Waals surface area contributed by atoms with Crippen molar-refractivity contribution in [2.75, 3.05) is 26.7 Å². The Hall–Kier alpha value is -0.960. The Kier molecular flexibility index (Phi) is 7.14. The lowest BCUT2D eigenvalue weighted by Gasteiger charge is -2.18. The Morgan fingerprint density at radius 1 is 1.40 bits per heavy atom. The predicted octanol–water partition coefficient (Wildman–Crippen LogP) is 0.107. The van der Waals surface area contributed by atoms with Crippen molar-refractivity contribution in [1.82, 2.24) is 24.3 Å². The summed E-state index contributed by atoms with van der Waals surface area (Å²) in [6, 6.07) is 0.420. The lowest BCUT2D eigenvalue weighted by molar-refractivity contribution is 0.439. The zero-order valence-electron chi connectivity index (χ0n) is 12.4. The van der Waals surface area contributed by atoms with Gasteiger partial charge in [0.15, 0.2) is 0 Å². The van der Waals surface area contributed by atoms with E-state index < -0.39 is 10.2 Å². The number of hydrogen-bond acceptors (Lipinski definition) is 4. The molecule has 8 heteroatoms. The van der Waals surface area contributed by atoms with Gasteiger partial charge in [0.1, 0.15) is 5.82 Å². The average Bonchev–Trinajstić information content (AvgIpc) is 2.87. The zero-order chi connectivity index (χ0) is 15.0. The van der Waals surface area contributed by atoms with E-state index in [-0.39, 0.29) is 0 Å². The number of nitrogens with zero attached hydrogens (tertiary/aromatic N) is 2. The van der Waals surface area contributed by atoms with Crippen molar-refractivity contribution >= 4 is 10.2 Å². The number of hydrogen-bond donors (Lipinski definition) is 3. The second-order valence-corrected chi connectivity index (χ2v) is 6.83. The van der Waals surface area contributed by atoms with Gasteiger partial charge in [0.2, 0.25) is 0 Å². The molecule has 0 radical (unpaired) electrons. The van der Waals surface area contributed by atoms with Gasteiger partial charge in [-0.05, 0) is 13.0 Å². The molecule has 0 amide bonds.